The van der Waals surface area contributed by atoms with Gasteiger partial charge in [0, 0.05) is 19.6 Å². The average Bonchev–Trinajstić information content (AvgIpc) is 3.02. The fourth-order valence-electron chi connectivity index (χ4n) is 2.43. The van der Waals surface area contributed by atoms with Gasteiger partial charge in [0.05, 0.1) is 5.75 Å². The molecule has 1 aromatic carbocycles. The maximum Gasteiger partial charge on any atom is 0.233 e. The van der Waals surface area contributed by atoms with Crippen molar-refractivity contribution in [2.75, 3.05) is 18.8 Å². The minimum absolute atomic E-state index is 0.123. The average molecular weight is 362 g/mol. The number of ether oxygens (including phenoxy) is 1. The van der Waals surface area contributed by atoms with Gasteiger partial charge < -0.3 is 14.2 Å². The Morgan fingerprint density at radius 1 is 1.16 bits per heavy atom. The van der Waals surface area contributed by atoms with Gasteiger partial charge in [-0.1, -0.05) is 29.5 Å². The lowest BCUT2D eigenvalue weighted by Crippen LogP contribution is -2.31. The van der Waals surface area contributed by atoms with Crippen LogP contribution in [0.4, 0.5) is 0 Å². The van der Waals surface area contributed by atoms with Crippen molar-refractivity contribution in [3.05, 3.63) is 35.7 Å². The van der Waals surface area contributed by atoms with E-state index in [0.29, 0.717) is 12.4 Å². The zero-order chi connectivity index (χ0) is 18.2. The molecule has 1 amide bonds. The minimum atomic E-state index is 0.123. The molecule has 0 saturated heterocycles. The monoisotopic (exact) mass is 362 g/mol. The lowest BCUT2D eigenvalue weighted by atomic mass is 10.2. The number of aryl methyl sites for hydroxylation is 1. The first-order valence-corrected chi connectivity index (χ1v) is 9.59. The summed E-state index contributed by atoms with van der Waals surface area (Å²) < 4.78 is 7.79. The number of hydrogen-bond acceptors (Lipinski definition) is 5. The van der Waals surface area contributed by atoms with E-state index in [4.69, 9.17) is 4.74 Å². The lowest BCUT2D eigenvalue weighted by molar-refractivity contribution is -0.127. The van der Waals surface area contributed by atoms with Gasteiger partial charge in [-0.3, -0.25) is 4.79 Å². The molecule has 1 heterocycles. The van der Waals surface area contributed by atoms with Gasteiger partial charge in [0.1, 0.15) is 12.4 Å². The molecular formula is C18H26N4O2S. The summed E-state index contributed by atoms with van der Waals surface area (Å²) >= 11 is 1.43. The zero-order valence-electron chi connectivity index (χ0n) is 15.4. The van der Waals surface area contributed by atoms with E-state index in [1.54, 1.807) is 0 Å². The molecule has 0 N–H and O–H groups in total. The number of carbonyl (C=O) groups is 1. The van der Waals surface area contributed by atoms with Gasteiger partial charge in [0.25, 0.3) is 0 Å². The largest absolute Gasteiger partial charge is 0.486 e. The number of benzene rings is 1. The number of aromatic nitrogens is 3. The Bertz CT molecular complexity index is 681. The van der Waals surface area contributed by atoms with Crippen LogP contribution in [-0.4, -0.2) is 44.4 Å². The van der Waals surface area contributed by atoms with E-state index in [2.05, 4.69) is 10.2 Å². The maximum absolute atomic E-state index is 12.1. The van der Waals surface area contributed by atoms with Crippen LogP contribution in [0.3, 0.4) is 0 Å². The van der Waals surface area contributed by atoms with E-state index in [0.717, 1.165) is 36.4 Å². The second kappa shape index (κ2) is 9.46. The molecule has 0 radical (unpaired) electrons. The van der Waals surface area contributed by atoms with Crippen LogP contribution in [0.25, 0.3) is 0 Å². The molecule has 0 fully saturated rings. The van der Waals surface area contributed by atoms with E-state index >= 15 is 0 Å². The minimum Gasteiger partial charge on any atom is -0.486 e. The van der Waals surface area contributed by atoms with Gasteiger partial charge in [-0.2, -0.15) is 0 Å². The van der Waals surface area contributed by atoms with Crippen LogP contribution in [0.5, 0.6) is 5.75 Å². The smallest absolute Gasteiger partial charge is 0.233 e. The Kier molecular flexibility index (Phi) is 7.31. The van der Waals surface area contributed by atoms with Crippen molar-refractivity contribution in [3.8, 4) is 5.75 Å². The van der Waals surface area contributed by atoms with Crippen LogP contribution in [0, 0.1) is 6.92 Å². The zero-order valence-corrected chi connectivity index (χ0v) is 16.2. The highest BCUT2D eigenvalue weighted by atomic mass is 32.2. The second-order valence-electron chi connectivity index (χ2n) is 5.60. The Morgan fingerprint density at radius 3 is 2.44 bits per heavy atom. The van der Waals surface area contributed by atoms with Gasteiger partial charge in [-0.25, -0.2) is 0 Å². The van der Waals surface area contributed by atoms with Crippen molar-refractivity contribution in [2.24, 2.45) is 0 Å². The molecule has 6 nitrogen and oxygen atoms in total. The summed E-state index contributed by atoms with van der Waals surface area (Å²) in [4.78, 5) is 14.0. The number of carbonyl (C=O) groups excluding carboxylic acids is 1. The van der Waals surface area contributed by atoms with Crippen molar-refractivity contribution in [1.82, 2.24) is 19.7 Å². The molecule has 7 heteroatoms. The van der Waals surface area contributed by atoms with E-state index in [1.807, 2.05) is 61.4 Å². The normalized spacial score (nSPS) is 10.7. The molecule has 0 unspecified atom stereocenters. The SMILES string of the molecule is CCN(CC)C(=O)CSc1nnc(COc2ccc(C)cc2)n1CC. The number of nitrogens with zero attached hydrogens (tertiary/aromatic N) is 4. The molecule has 0 aliphatic rings. The van der Waals surface area contributed by atoms with E-state index in [-0.39, 0.29) is 5.91 Å². The van der Waals surface area contributed by atoms with Gasteiger partial charge in [0.15, 0.2) is 11.0 Å². The maximum atomic E-state index is 12.1. The third-order valence-corrected chi connectivity index (χ3v) is 4.89. The lowest BCUT2D eigenvalue weighted by Gasteiger charge is -2.18. The quantitative estimate of drug-likeness (QED) is 0.641. The molecule has 25 heavy (non-hydrogen) atoms. The van der Waals surface area contributed by atoms with E-state index < -0.39 is 0 Å². The second-order valence-corrected chi connectivity index (χ2v) is 6.54. The Hall–Kier alpha value is -2.02. The Morgan fingerprint density at radius 2 is 1.84 bits per heavy atom. The predicted octanol–water partition coefficient (Wildman–Crippen LogP) is 3.15. The van der Waals surface area contributed by atoms with E-state index in [1.165, 1.54) is 17.3 Å². The van der Waals surface area contributed by atoms with Gasteiger partial charge in [0.2, 0.25) is 5.91 Å². The van der Waals surface area contributed by atoms with Crippen LogP contribution < -0.4 is 4.74 Å². The molecule has 0 bridgehead atoms. The third-order valence-electron chi connectivity index (χ3n) is 3.94. The summed E-state index contributed by atoms with van der Waals surface area (Å²) in [5, 5.41) is 9.20. The molecule has 136 valence electrons. The standard InChI is InChI=1S/C18H26N4O2S/c1-5-21(6-2)17(23)13-25-18-20-19-16(22(18)7-3)12-24-15-10-8-14(4)9-11-15/h8-11H,5-7,12-13H2,1-4H3. The van der Waals surface area contributed by atoms with Crippen molar-refractivity contribution in [2.45, 2.75) is 46.0 Å². The van der Waals surface area contributed by atoms with Gasteiger partial charge in [-0.05, 0) is 39.8 Å². The first-order chi connectivity index (χ1) is 12.1. The summed E-state index contributed by atoms with van der Waals surface area (Å²) in [5.41, 5.74) is 1.20. The molecule has 0 spiro atoms. The van der Waals surface area contributed by atoms with Crippen molar-refractivity contribution in [3.63, 3.8) is 0 Å². The highest BCUT2D eigenvalue weighted by molar-refractivity contribution is 7.99. The van der Waals surface area contributed by atoms with Crippen molar-refractivity contribution < 1.29 is 9.53 Å². The van der Waals surface area contributed by atoms with Crippen LogP contribution in [0.1, 0.15) is 32.2 Å². The topological polar surface area (TPSA) is 60.3 Å². The Labute approximate surface area is 153 Å². The number of amides is 1. The summed E-state index contributed by atoms with van der Waals surface area (Å²) in [7, 11) is 0. The molecule has 0 saturated carbocycles. The summed E-state index contributed by atoms with van der Waals surface area (Å²) in [6.07, 6.45) is 0. The molecule has 2 rings (SSSR count). The molecule has 1 aromatic heterocycles. The molecule has 0 atom stereocenters. The Balaban J connectivity index is 1.97. The molecule has 0 aliphatic heterocycles. The third kappa shape index (κ3) is 5.22. The van der Waals surface area contributed by atoms with Crippen LogP contribution in [0.15, 0.2) is 29.4 Å². The fourth-order valence-corrected chi connectivity index (χ4v) is 3.35. The number of rotatable bonds is 9. The van der Waals surface area contributed by atoms with Crippen LogP contribution in [0.2, 0.25) is 0 Å². The summed E-state index contributed by atoms with van der Waals surface area (Å²) in [6, 6.07) is 7.92. The highest BCUT2D eigenvalue weighted by Gasteiger charge is 2.15. The van der Waals surface area contributed by atoms with Gasteiger partial charge >= 0.3 is 0 Å². The highest BCUT2D eigenvalue weighted by Crippen LogP contribution is 2.19. The van der Waals surface area contributed by atoms with Crippen molar-refractivity contribution in [1.29, 1.82) is 0 Å². The van der Waals surface area contributed by atoms with Crippen molar-refractivity contribution >= 4 is 17.7 Å². The van der Waals surface area contributed by atoms with Crippen LogP contribution in [-0.2, 0) is 17.9 Å². The molecule has 0 aliphatic carbocycles. The first-order valence-electron chi connectivity index (χ1n) is 8.61. The summed E-state index contributed by atoms with van der Waals surface area (Å²) in [5.74, 6) is 2.07. The predicted molar refractivity (Wildman–Crippen MR) is 99.9 cm³/mol. The molecule has 2 aromatic rings. The fraction of sp³-hybridized carbons (Fsp3) is 0.500. The number of hydrogen-bond donors (Lipinski definition) is 0. The first kappa shape index (κ1) is 19.3. The van der Waals surface area contributed by atoms with Crippen LogP contribution >= 0.6 is 11.8 Å². The summed E-state index contributed by atoms with van der Waals surface area (Å²) in [6.45, 7) is 10.6. The molecular weight excluding hydrogens is 336 g/mol. The van der Waals surface area contributed by atoms with E-state index in [9.17, 15) is 4.79 Å². The van der Waals surface area contributed by atoms with Gasteiger partial charge in [-0.15, -0.1) is 10.2 Å². The number of thioether (sulfide) groups is 1.